The zero-order chi connectivity index (χ0) is 12.5. The van der Waals surface area contributed by atoms with Crippen LogP contribution in [-0.2, 0) is 6.54 Å². The van der Waals surface area contributed by atoms with Crippen LogP contribution in [0.3, 0.4) is 0 Å². The highest BCUT2D eigenvalue weighted by atomic mass is 15.1. The fourth-order valence-electron chi connectivity index (χ4n) is 1.84. The topological polar surface area (TPSA) is 53.0 Å². The third-order valence-corrected chi connectivity index (χ3v) is 2.82. The molecule has 1 rings (SSSR count). The predicted octanol–water partition coefficient (Wildman–Crippen LogP) is 2.78. The fraction of sp³-hybridized carbons (Fsp3) is 0.500. The molecule has 0 saturated carbocycles. The van der Waals surface area contributed by atoms with Gasteiger partial charge in [0.1, 0.15) is 0 Å². The van der Waals surface area contributed by atoms with E-state index in [0.717, 1.165) is 38.2 Å². The molecule has 0 spiro atoms. The number of benzene rings is 1. The fourth-order valence-corrected chi connectivity index (χ4v) is 1.84. The molecule has 0 aliphatic rings. The van der Waals surface area contributed by atoms with Crippen molar-refractivity contribution < 1.29 is 0 Å². The van der Waals surface area contributed by atoms with Crippen molar-refractivity contribution in [2.24, 2.45) is 0 Å². The minimum Gasteiger partial charge on any atom is -0.399 e. The third-order valence-electron chi connectivity index (χ3n) is 2.82. The minimum atomic E-state index is 0.663. The Hall–Kier alpha value is -1.53. The molecule has 2 N–H and O–H groups in total. The van der Waals surface area contributed by atoms with Crippen LogP contribution in [0, 0.1) is 11.3 Å². The lowest BCUT2D eigenvalue weighted by Crippen LogP contribution is -2.24. The molecule has 0 aliphatic heterocycles. The summed E-state index contributed by atoms with van der Waals surface area (Å²) in [5.74, 6) is 0. The van der Waals surface area contributed by atoms with Gasteiger partial charge in [0.05, 0.1) is 6.07 Å². The first-order valence-electron chi connectivity index (χ1n) is 6.20. The van der Waals surface area contributed by atoms with E-state index < -0.39 is 0 Å². The van der Waals surface area contributed by atoms with E-state index in [1.54, 1.807) is 0 Å². The number of unbranched alkanes of at least 4 members (excludes halogenated alkanes) is 2. The molecule has 0 unspecified atom stereocenters. The lowest BCUT2D eigenvalue weighted by atomic mass is 10.1. The Morgan fingerprint density at radius 3 is 2.82 bits per heavy atom. The molecule has 3 nitrogen and oxygen atoms in total. The van der Waals surface area contributed by atoms with Gasteiger partial charge in [-0.1, -0.05) is 19.1 Å². The first-order valence-corrected chi connectivity index (χ1v) is 6.20. The van der Waals surface area contributed by atoms with E-state index in [9.17, 15) is 0 Å². The highest BCUT2D eigenvalue weighted by Gasteiger charge is 2.03. The molecule has 0 bridgehead atoms. The van der Waals surface area contributed by atoms with Crippen molar-refractivity contribution in [2.45, 2.75) is 32.7 Å². The summed E-state index contributed by atoms with van der Waals surface area (Å²) in [6.07, 6.45) is 2.74. The molecule has 1 aromatic carbocycles. The van der Waals surface area contributed by atoms with E-state index in [0.29, 0.717) is 6.42 Å². The monoisotopic (exact) mass is 231 g/mol. The molecule has 17 heavy (non-hydrogen) atoms. The molecule has 0 aromatic heterocycles. The van der Waals surface area contributed by atoms with E-state index in [2.05, 4.69) is 24.0 Å². The quantitative estimate of drug-likeness (QED) is 0.580. The minimum absolute atomic E-state index is 0.663. The molecule has 3 heteroatoms. The summed E-state index contributed by atoms with van der Waals surface area (Å²) in [4.78, 5) is 2.38. The van der Waals surface area contributed by atoms with Gasteiger partial charge in [-0.25, -0.2) is 0 Å². The Labute approximate surface area is 104 Å². The van der Waals surface area contributed by atoms with Crippen LogP contribution in [0.25, 0.3) is 0 Å². The van der Waals surface area contributed by atoms with Gasteiger partial charge in [0, 0.05) is 18.7 Å². The molecule has 0 amide bonds. The highest BCUT2D eigenvalue weighted by molar-refractivity contribution is 5.40. The van der Waals surface area contributed by atoms with Gasteiger partial charge in [-0.05, 0) is 43.6 Å². The van der Waals surface area contributed by atoms with E-state index >= 15 is 0 Å². The average molecular weight is 231 g/mol. The van der Waals surface area contributed by atoms with Crippen LogP contribution in [0.2, 0.25) is 0 Å². The predicted molar refractivity (Wildman–Crippen MR) is 71.3 cm³/mol. The maximum absolute atomic E-state index is 8.48. The van der Waals surface area contributed by atoms with Crippen LogP contribution in [0.5, 0.6) is 0 Å². The standard InChI is InChI=1S/C14H21N3/c1-2-17(10-5-3-4-9-15)12-13-7-6-8-14(16)11-13/h6-8,11H,2-5,10,12,16H2,1H3. The Morgan fingerprint density at radius 1 is 1.35 bits per heavy atom. The van der Waals surface area contributed by atoms with Crippen LogP contribution in [-0.4, -0.2) is 18.0 Å². The molecule has 1 aromatic rings. The maximum Gasteiger partial charge on any atom is 0.0621 e. The Morgan fingerprint density at radius 2 is 2.18 bits per heavy atom. The first-order chi connectivity index (χ1) is 8.26. The number of nitrogens with zero attached hydrogens (tertiary/aromatic N) is 2. The number of nitrogens with two attached hydrogens (primary N) is 1. The number of hydrogen-bond donors (Lipinski definition) is 1. The van der Waals surface area contributed by atoms with Crippen LogP contribution >= 0.6 is 0 Å². The van der Waals surface area contributed by atoms with Gasteiger partial charge in [0.2, 0.25) is 0 Å². The molecule has 0 radical (unpaired) electrons. The molecular weight excluding hydrogens is 210 g/mol. The summed E-state index contributed by atoms with van der Waals surface area (Å²) >= 11 is 0. The van der Waals surface area contributed by atoms with Crippen molar-refractivity contribution in [1.82, 2.24) is 4.90 Å². The van der Waals surface area contributed by atoms with Crippen molar-refractivity contribution in [3.05, 3.63) is 29.8 Å². The summed E-state index contributed by atoms with van der Waals surface area (Å²) in [5, 5.41) is 8.48. The van der Waals surface area contributed by atoms with Crippen molar-refractivity contribution in [3.63, 3.8) is 0 Å². The molecular formula is C14H21N3. The number of anilines is 1. The summed E-state index contributed by atoms with van der Waals surface area (Å²) in [5.41, 5.74) is 7.84. The third kappa shape index (κ3) is 5.37. The van der Waals surface area contributed by atoms with Gasteiger partial charge in [0.15, 0.2) is 0 Å². The van der Waals surface area contributed by atoms with Gasteiger partial charge in [-0.2, -0.15) is 5.26 Å². The van der Waals surface area contributed by atoms with Gasteiger partial charge < -0.3 is 5.73 Å². The van der Waals surface area contributed by atoms with Crippen molar-refractivity contribution >= 4 is 5.69 Å². The van der Waals surface area contributed by atoms with Crippen LogP contribution in [0.4, 0.5) is 5.69 Å². The zero-order valence-corrected chi connectivity index (χ0v) is 10.5. The normalized spacial score (nSPS) is 10.4. The smallest absolute Gasteiger partial charge is 0.0621 e. The van der Waals surface area contributed by atoms with Crippen molar-refractivity contribution in [3.8, 4) is 6.07 Å². The van der Waals surface area contributed by atoms with Crippen LogP contribution < -0.4 is 5.73 Å². The number of hydrogen-bond acceptors (Lipinski definition) is 3. The van der Waals surface area contributed by atoms with Crippen molar-refractivity contribution in [2.75, 3.05) is 18.8 Å². The molecule has 0 aliphatic carbocycles. The van der Waals surface area contributed by atoms with Crippen LogP contribution in [0.15, 0.2) is 24.3 Å². The first kappa shape index (κ1) is 13.5. The van der Waals surface area contributed by atoms with Gasteiger partial charge in [0.25, 0.3) is 0 Å². The molecule has 92 valence electrons. The number of nitrogen functional groups attached to an aromatic ring is 1. The second-order valence-electron chi connectivity index (χ2n) is 4.23. The Kier molecular flexibility index (Phi) is 6.13. The summed E-state index contributed by atoms with van der Waals surface area (Å²) in [6.45, 7) is 5.18. The maximum atomic E-state index is 8.48. The average Bonchev–Trinajstić information content (AvgIpc) is 2.33. The van der Waals surface area contributed by atoms with Gasteiger partial charge in [-0.3, -0.25) is 4.90 Å². The van der Waals surface area contributed by atoms with E-state index in [-0.39, 0.29) is 0 Å². The van der Waals surface area contributed by atoms with E-state index in [4.69, 9.17) is 11.0 Å². The molecule has 0 heterocycles. The summed E-state index contributed by atoms with van der Waals surface area (Å²) in [7, 11) is 0. The number of rotatable bonds is 7. The highest BCUT2D eigenvalue weighted by Crippen LogP contribution is 2.10. The Balaban J connectivity index is 2.39. The summed E-state index contributed by atoms with van der Waals surface area (Å²) in [6, 6.07) is 10.2. The van der Waals surface area contributed by atoms with Crippen LogP contribution in [0.1, 0.15) is 31.7 Å². The van der Waals surface area contributed by atoms with E-state index in [1.807, 2.05) is 18.2 Å². The molecule has 0 fully saturated rings. The number of nitriles is 1. The second kappa shape index (κ2) is 7.70. The largest absolute Gasteiger partial charge is 0.399 e. The lowest BCUT2D eigenvalue weighted by Gasteiger charge is -2.20. The summed E-state index contributed by atoms with van der Waals surface area (Å²) < 4.78 is 0. The Bertz CT molecular complexity index is 368. The lowest BCUT2D eigenvalue weighted by molar-refractivity contribution is 0.274. The van der Waals surface area contributed by atoms with Crippen molar-refractivity contribution in [1.29, 1.82) is 5.26 Å². The van der Waals surface area contributed by atoms with Gasteiger partial charge >= 0.3 is 0 Å². The second-order valence-corrected chi connectivity index (χ2v) is 4.23. The van der Waals surface area contributed by atoms with E-state index in [1.165, 1.54) is 5.56 Å². The molecule has 0 saturated heterocycles. The van der Waals surface area contributed by atoms with Gasteiger partial charge in [-0.15, -0.1) is 0 Å². The zero-order valence-electron chi connectivity index (χ0n) is 10.5. The molecule has 0 atom stereocenters. The SMILES string of the molecule is CCN(CCCCC#N)Cc1cccc(N)c1.